The van der Waals surface area contributed by atoms with E-state index in [9.17, 15) is 10.2 Å². The zero-order valence-corrected chi connectivity index (χ0v) is 41.0. The Morgan fingerprint density at radius 2 is 0.952 bits per heavy atom. The fourth-order valence-electron chi connectivity index (χ4n) is 10.1. The van der Waals surface area contributed by atoms with Crippen LogP contribution in [0.5, 0.6) is 11.5 Å². The Labute approximate surface area is 386 Å². The van der Waals surface area contributed by atoms with Crippen LogP contribution in [-0.4, -0.2) is 86.5 Å². The average molecular weight is 898 g/mol. The number of aliphatic imine (C=N–C) groups is 2. The Hall–Kier alpha value is -3.19. The van der Waals surface area contributed by atoms with E-state index >= 15 is 0 Å². The van der Waals surface area contributed by atoms with Gasteiger partial charge in [-0.05, 0) is 150 Å². The molecule has 2 aromatic rings. The van der Waals surface area contributed by atoms with Crippen molar-refractivity contribution in [1.82, 2.24) is 0 Å². The van der Waals surface area contributed by atoms with Gasteiger partial charge in [-0.25, -0.2) is 9.59 Å². The topological polar surface area (TPSA) is 140 Å². The first-order chi connectivity index (χ1) is 28.9. The van der Waals surface area contributed by atoms with Gasteiger partial charge in [-0.2, -0.15) is 0 Å². The molecule has 0 saturated heterocycles. The second-order valence-electron chi connectivity index (χ2n) is 18.2. The molecule has 0 amide bonds. The summed E-state index contributed by atoms with van der Waals surface area (Å²) in [6.45, 7) is 18.8. The summed E-state index contributed by atoms with van der Waals surface area (Å²) < 4.78 is 1.32. The van der Waals surface area contributed by atoms with Gasteiger partial charge in [0.15, 0.2) is 0 Å². The van der Waals surface area contributed by atoms with Crippen molar-refractivity contribution in [2.75, 3.05) is 26.2 Å². The summed E-state index contributed by atoms with van der Waals surface area (Å²) in [6.07, 6.45) is 26.8. The second kappa shape index (κ2) is 27.9. The number of aromatic hydroxyl groups is 2. The molecule has 3 aliphatic rings. The monoisotopic (exact) mass is 898 g/mol. The first-order valence-corrected chi connectivity index (χ1v) is 24.0. The number of carbonyl (C=O) groups is 2. The molecular formula is C52H83CrN3O6. The van der Waals surface area contributed by atoms with Gasteiger partial charge in [-0.3, -0.25) is 9.98 Å². The van der Waals surface area contributed by atoms with E-state index in [-0.39, 0.29) is 36.9 Å². The molecule has 5 rings (SSSR count). The molecule has 0 aromatic heterocycles. The SMILES string of the molecule is CCCCCc1cc(C)c(O)c2c1CCCC2=NC1CCCCC1N=C1CCCc2c(CCCC[N+](CCCC)(CCCC)CCCC)cc(C)c(O)c21.O=C(O)C(=O)O.[CH3-].[Cr]. The molecule has 2 atom stereocenters. The van der Waals surface area contributed by atoms with E-state index in [0.717, 1.165) is 97.9 Å². The second-order valence-corrected chi connectivity index (χ2v) is 18.2. The molecule has 0 spiro atoms. The number of fused-ring (bicyclic) bond motifs is 2. The number of aliphatic carboxylic acids is 2. The number of aryl methyl sites for hydroxylation is 4. The number of phenolic OH excluding ortho intramolecular Hbond substituents is 2. The van der Waals surface area contributed by atoms with Gasteiger partial charge < -0.3 is 32.3 Å². The van der Waals surface area contributed by atoms with Crippen LogP contribution in [0.25, 0.3) is 0 Å². The van der Waals surface area contributed by atoms with Gasteiger partial charge >= 0.3 is 11.9 Å². The summed E-state index contributed by atoms with van der Waals surface area (Å²) in [5.74, 6) is -2.74. The number of carboxylic acids is 2. The molecule has 10 heteroatoms. The summed E-state index contributed by atoms with van der Waals surface area (Å²) in [5.41, 5.74) is 11.9. The number of hydrogen-bond acceptors (Lipinski definition) is 6. The Morgan fingerprint density at radius 1 is 0.581 bits per heavy atom. The van der Waals surface area contributed by atoms with E-state index in [1.54, 1.807) is 0 Å². The van der Waals surface area contributed by atoms with Crippen molar-refractivity contribution in [2.24, 2.45) is 9.98 Å². The fourth-order valence-corrected chi connectivity index (χ4v) is 10.1. The number of unbranched alkanes of at least 4 members (excludes halogenated alkanes) is 6. The van der Waals surface area contributed by atoms with Gasteiger partial charge in [0.2, 0.25) is 0 Å². The molecule has 1 fully saturated rings. The molecular weight excluding hydrogens is 815 g/mol. The maximum Gasteiger partial charge on any atom is 0.414 e. The largest absolute Gasteiger partial charge is 0.507 e. The normalized spacial score (nSPS) is 18.5. The van der Waals surface area contributed by atoms with Gasteiger partial charge in [0.25, 0.3) is 0 Å². The molecule has 62 heavy (non-hydrogen) atoms. The minimum atomic E-state index is -1.82. The van der Waals surface area contributed by atoms with E-state index in [2.05, 4.69) is 53.7 Å². The van der Waals surface area contributed by atoms with Crippen molar-refractivity contribution in [3.05, 3.63) is 64.1 Å². The third-order valence-corrected chi connectivity index (χ3v) is 13.5. The van der Waals surface area contributed by atoms with E-state index < -0.39 is 11.9 Å². The van der Waals surface area contributed by atoms with E-state index in [1.165, 1.54) is 136 Å². The van der Waals surface area contributed by atoms with Crippen LogP contribution in [0.1, 0.15) is 194 Å². The molecule has 3 aliphatic carbocycles. The number of quaternary nitrogens is 1. The number of nitrogens with zero attached hydrogens (tertiary/aromatic N) is 3. The smallest absolute Gasteiger partial charge is 0.414 e. The summed E-state index contributed by atoms with van der Waals surface area (Å²) in [5, 5.41) is 37.9. The average Bonchev–Trinajstić information content (AvgIpc) is 3.24. The van der Waals surface area contributed by atoms with Crippen LogP contribution in [0.3, 0.4) is 0 Å². The van der Waals surface area contributed by atoms with Crippen molar-refractivity contribution in [3.8, 4) is 11.5 Å². The molecule has 4 N–H and O–H groups in total. The predicted octanol–water partition coefficient (Wildman–Crippen LogP) is 11.9. The van der Waals surface area contributed by atoms with Crippen molar-refractivity contribution in [2.45, 2.75) is 201 Å². The molecule has 0 aliphatic heterocycles. The maximum atomic E-state index is 11.7. The minimum absolute atomic E-state index is 0. The molecule has 0 heterocycles. The number of rotatable bonds is 20. The fraction of sp³-hybridized carbons (Fsp3) is 0.673. The van der Waals surface area contributed by atoms with E-state index in [0.29, 0.717) is 11.5 Å². The predicted molar refractivity (Wildman–Crippen MR) is 253 cm³/mol. The van der Waals surface area contributed by atoms with Gasteiger partial charge in [-0.15, -0.1) is 0 Å². The van der Waals surface area contributed by atoms with Gasteiger partial charge in [-0.1, -0.05) is 84.8 Å². The van der Waals surface area contributed by atoms with E-state index in [4.69, 9.17) is 29.8 Å². The summed E-state index contributed by atoms with van der Waals surface area (Å²) in [6, 6.07) is 4.79. The van der Waals surface area contributed by atoms with Gasteiger partial charge in [0.1, 0.15) is 11.5 Å². The van der Waals surface area contributed by atoms with Gasteiger partial charge in [0.05, 0.1) is 38.3 Å². The summed E-state index contributed by atoms with van der Waals surface area (Å²) >= 11 is 0. The summed E-state index contributed by atoms with van der Waals surface area (Å²) in [7, 11) is 0. The standard InChI is InChI=1S/C49H77N3O2.C2H2O4.CH3.Cr/c1-7-11-15-22-38-34-36(5)48(53)46-40(38)24-20-28-44(46)50-42-26-16-17-27-43(42)51-45-29-21-25-41-39(35-37(6)49(54)47(41)45)23-18-19-33-52(30-12-8-2,31-13-9-3)32-14-10-4;3-1(4)2(5)6;;/h34-35,42-43H,7-33H2,1-6H3,(H-,50,51,53,54);(H,3,4)(H,5,6);1H3;/q;;-1;/p+1. The van der Waals surface area contributed by atoms with Crippen molar-refractivity contribution in [1.29, 1.82) is 0 Å². The first-order valence-electron chi connectivity index (χ1n) is 24.0. The van der Waals surface area contributed by atoms with E-state index in [1.807, 2.05) is 0 Å². The van der Waals surface area contributed by atoms with Crippen LogP contribution in [-0.2, 0) is 52.6 Å². The van der Waals surface area contributed by atoms with Crippen LogP contribution < -0.4 is 0 Å². The Balaban J connectivity index is 0.00000154. The summed E-state index contributed by atoms with van der Waals surface area (Å²) in [4.78, 5) is 29.3. The molecule has 9 nitrogen and oxygen atoms in total. The van der Waals surface area contributed by atoms with Crippen molar-refractivity contribution in [3.63, 3.8) is 0 Å². The number of phenols is 2. The molecule has 348 valence electrons. The van der Waals surface area contributed by atoms with Crippen molar-refractivity contribution >= 4 is 23.4 Å². The minimum Gasteiger partial charge on any atom is -0.507 e. The molecule has 2 aromatic carbocycles. The third kappa shape index (κ3) is 15.2. The zero-order valence-electron chi connectivity index (χ0n) is 39.8. The van der Waals surface area contributed by atoms with Crippen molar-refractivity contribution < 1.29 is 51.9 Å². The van der Waals surface area contributed by atoms with Gasteiger partial charge in [0, 0.05) is 39.9 Å². The van der Waals surface area contributed by atoms with Crippen LogP contribution in [0.2, 0.25) is 0 Å². The Bertz CT molecular complexity index is 1750. The van der Waals surface area contributed by atoms with Crippen LogP contribution in [0.15, 0.2) is 22.1 Å². The molecule has 0 radical (unpaired) electrons. The number of hydrogen-bond donors (Lipinski definition) is 4. The molecule has 2 unspecified atom stereocenters. The van der Waals surface area contributed by atoms with Crippen LogP contribution in [0.4, 0.5) is 0 Å². The maximum absolute atomic E-state index is 11.7. The zero-order chi connectivity index (χ0) is 43.7. The number of benzene rings is 2. The van der Waals surface area contributed by atoms with Crippen LogP contribution >= 0.6 is 0 Å². The quantitative estimate of drug-likeness (QED) is 0.0452. The Morgan fingerprint density at radius 3 is 1.32 bits per heavy atom. The molecule has 0 bridgehead atoms. The first kappa shape index (κ1) is 54.9. The van der Waals surface area contributed by atoms with Crippen LogP contribution in [0, 0.1) is 21.3 Å². The number of carboxylic acid groups (broad SMARTS) is 2. The third-order valence-electron chi connectivity index (χ3n) is 13.5. The Kier molecular flexibility index (Phi) is 24.7. The molecule has 1 saturated carbocycles.